The molecular formula is C37H23N3S. The lowest BCUT2D eigenvalue weighted by atomic mass is 9.96. The molecule has 0 aliphatic carbocycles. The third kappa shape index (κ3) is 4.17. The maximum Gasteiger partial charge on any atom is 0.164 e. The second kappa shape index (κ2) is 9.77. The van der Waals surface area contributed by atoms with Crippen LogP contribution in [0.15, 0.2) is 140 Å². The van der Waals surface area contributed by atoms with E-state index in [0.717, 1.165) is 16.7 Å². The van der Waals surface area contributed by atoms with Gasteiger partial charge >= 0.3 is 0 Å². The van der Waals surface area contributed by atoms with Gasteiger partial charge in [0.05, 0.1) is 0 Å². The first-order valence-electron chi connectivity index (χ1n) is 13.6. The molecule has 0 atom stereocenters. The number of thiophene rings is 1. The molecule has 0 saturated carbocycles. The molecule has 0 unspecified atom stereocenters. The van der Waals surface area contributed by atoms with Gasteiger partial charge in [0.2, 0.25) is 0 Å². The average molecular weight is 542 g/mol. The summed E-state index contributed by atoms with van der Waals surface area (Å²) in [6.07, 6.45) is 0. The molecule has 0 spiro atoms. The summed E-state index contributed by atoms with van der Waals surface area (Å²) < 4.78 is 2.67. The molecule has 6 aromatic carbocycles. The molecule has 0 bridgehead atoms. The van der Waals surface area contributed by atoms with Crippen molar-refractivity contribution in [3.63, 3.8) is 0 Å². The largest absolute Gasteiger partial charge is 0.208 e. The quantitative estimate of drug-likeness (QED) is 0.222. The highest BCUT2D eigenvalue weighted by Gasteiger charge is 2.14. The molecule has 192 valence electrons. The molecule has 0 N–H and O–H groups in total. The van der Waals surface area contributed by atoms with Crippen LogP contribution in [-0.4, -0.2) is 15.0 Å². The average Bonchev–Trinajstić information content (AvgIpc) is 3.45. The lowest BCUT2D eigenvalue weighted by Crippen LogP contribution is -2.00. The third-order valence-electron chi connectivity index (χ3n) is 7.55. The van der Waals surface area contributed by atoms with Crippen LogP contribution in [0.4, 0.5) is 0 Å². The highest BCUT2D eigenvalue weighted by molar-refractivity contribution is 7.26. The monoisotopic (exact) mass is 541 g/mol. The van der Waals surface area contributed by atoms with Gasteiger partial charge in [-0.1, -0.05) is 133 Å². The van der Waals surface area contributed by atoms with E-state index in [4.69, 9.17) is 15.0 Å². The summed E-state index contributed by atoms with van der Waals surface area (Å²) >= 11 is 1.87. The zero-order chi connectivity index (χ0) is 27.2. The van der Waals surface area contributed by atoms with Crippen LogP contribution < -0.4 is 0 Å². The van der Waals surface area contributed by atoms with Crippen LogP contribution in [-0.2, 0) is 0 Å². The van der Waals surface area contributed by atoms with E-state index in [9.17, 15) is 0 Å². The Morgan fingerprint density at radius 2 is 0.829 bits per heavy atom. The molecule has 3 nitrogen and oxygen atoms in total. The zero-order valence-corrected chi connectivity index (χ0v) is 22.8. The molecule has 0 aliphatic rings. The van der Waals surface area contributed by atoms with Gasteiger partial charge in [-0.2, -0.15) is 0 Å². The Labute approximate surface area is 241 Å². The fourth-order valence-electron chi connectivity index (χ4n) is 5.53. The highest BCUT2D eigenvalue weighted by atomic mass is 32.1. The van der Waals surface area contributed by atoms with Gasteiger partial charge in [0, 0.05) is 42.2 Å². The molecule has 2 heterocycles. The predicted octanol–water partition coefficient (Wildman–Crippen LogP) is 10.1. The number of aromatic nitrogens is 3. The van der Waals surface area contributed by atoms with Gasteiger partial charge in [-0.05, 0) is 22.6 Å². The molecule has 8 aromatic rings. The minimum absolute atomic E-state index is 0.661. The van der Waals surface area contributed by atoms with Crippen LogP contribution in [0.3, 0.4) is 0 Å². The molecular weight excluding hydrogens is 518 g/mol. The maximum atomic E-state index is 4.89. The summed E-state index contributed by atoms with van der Waals surface area (Å²) in [5, 5.41) is 5.20. The number of rotatable bonds is 4. The standard InChI is InChI=1S/C37H23N3S/c1-3-10-25(11-4-1)35-38-36(26-12-5-2-6-13-26)40-37(39-35)27-20-18-24(19-21-27)28-15-9-16-31-29(28)22-23-32-30-14-7-8-17-33(30)41-34(31)32/h1-23H. The van der Waals surface area contributed by atoms with Crippen LogP contribution in [0.25, 0.3) is 76.2 Å². The zero-order valence-electron chi connectivity index (χ0n) is 22.0. The summed E-state index contributed by atoms with van der Waals surface area (Å²) in [5.41, 5.74) is 5.28. The van der Waals surface area contributed by atoms with Crippen LogP contribution in [0.5, 0.6) is 0 Å². The van der Waals surface area contributed by atoms with Crippen LogP contribution in [0.2, 0.25) is 0 Å². The lowest BCUT2D eigenvalue weighted by Gasteiger charge is -2.10. The Morgan fingerprint density at radius 1 is 0.341 bits per heavy atom. The fraction of sp³-hybridized carbons (Fsp3) is 0. The molecule has 0 fully saturated rings. The Hall–Kier alpha value is -5.19. The summed E-state index contributed by atoms with van der Waals surface area (Å²) in [6.45, 7) is 0. The normalized spacial score (nSPS) is 11.4. The van der Waals surface area contributed by atoms with E-state index in [1.54, 1.807) is 0 Å². The Balaban J connectivity index is 1.23. The maximum absolute atomic E-state index is 4.89. The third-order valence-corrected chi connectivity index (χ3v) is 8.77. The highest BCUT2D eigenvalue weighted by Crippen LogP contribution is 2.41. The van der Waals surface area contributed by atoms with E-state index in [0.29, 0.717) is 17.5 Å². The van der Waals surface area contributed by atoms with Crippen molar-refractivity contribution in [2.45, 2.75) is 0 Å². The van der Waals surface area contributed by atoms with Gasteiger partial charge in [-0.25, -0.2) is 15.0 Å². The first kappa shape index (κ1) is 23.7. The van der Waals surface area contributed by atoms with Gasteiger partial charge in [-0.3, -0.25) is 0 Å². The van der Waals surface area contributed by atoms with Crippen molar-refractivity contribution in [1.82, 2.24) is 15.0 Å². The SMILES string of the molecule is c1ccc(-c2nc(-c3ccccc3)nc(-c3ccc(-c4cccc5c4ccc4c6ccccc6sc54)cc3)n2)cc1. The summed E-state index contributed by atoms with van der Waals surface area (Å²) in [6, 6.07) is 48.6. The lowest BCUT2D eigenvalue weighted by molar-refractivity contribution is 1.07. The van der Waals surface area contributed by atoms with Crippen molar-refractivity contribution >= 4 is 42.3 Å². The van der Waals surface area contributed by atoms with Crippen molar-refractivity contribution in [2.24, 2.45) is 0 Å². The van der Waals surface area contributed by atoms with Gasteiger partial charge in [0.1, 0.15) is 0 Å². The number of benzene rings is 6. The Kier molecular flexibility index (Phi) is 5.64. The Morgan fingerprint density at radius 3 is 1.49 bits per heavy atom. The van der Waals surface area contributed by atoms with Gasteiger partial charge in [-0.15, -0.1) is 11.3 Å². The molecule has 8 rings (SSSR count). The number of fused-ring (bicyclic) bond motifs is 5. The Bertz CT molecular complexity index is 2130. The van der Waals surface area contributed by atoms with Gasteiger partial charge in [0.25, 0.3) is 0 Å². The van der Waals surface area contributed by atoms with Crippen LogP contribution in [0.1, 0.15) is 0 Å². The molecule has 2 aromatic heterocycles. The van der Waals surface area contributed by atoms with Gasteiger partial charge in [0.15, 0.2) is 17.5 Å². The minimum atomic E-state index is 0.661. The van der Waals surface area contributed by atoms with Crippen molar-refractivity contribution in [3.05, 3.63) is 140 Å². The van der Waals surface area contributed by atoms with E-state index in [2.05, 4.69) is 78.9 Å². The van der Waals surface area contributed by atoms with Crippen molar-refractivity contribution in [3.8, 4) is 45.3 Å². The smallest absolute Gasteiger partial charge is 0.164 e. The van der Waals surface area contributed by atoms with E-state index < -0.39 is 0 Å². The number of hydrogen-bond acceptors (Lipinski definition) is 4. The van der Waals surface area contributed by atoms with E-state index in [1.165, 1.54) is 42.1 Å². The van der Waals surface area contributed by atoms with Gasteiger partial charge < -0.3 is 0 Å². The topological polar surface area (TPSA) is 38.7 Å². The first-order chi connectivity index (χ1) is 20.3. The second-order valence-electron chi connectivity index (χ2n) is 10.1. The second-order valence-corrected chi connectivity index (χ2v) is 11.1. The van der Waals surface area contributed by atoms with Crippen LogP contribution in [0, 0.1) is 0 Å². The molecule has 0 saturated heterocycles. The molecule has 0 aliphatic heterocycles. The molecule has 4 heteroatoms. The van der Waals surface area contributed by atoms with Crippen LogP contribution >= 0.6 is 11.3 Å². The van der Waals surface area contributed by atoms with E-state index >= 15 is 0 Å². The van der Waals surface area contributed by atoms with Crippen molar-refractivity contribution in [2.75, 3.05) is 0 Å². The summed E-state index contributed by atoms with van der Waals surface area (Å²) in [4.78, 5) is 14.6. The predicted molar refractivity (Wildman–Crippen MR) is 172 cm³/mol. The molecule has 0 amide bonds. The number of hydrogen-bond donors (Lipinski definition) is 0. The van der Waals surface area contributed by atoms with Crippen molar-refractivity contribution in [1.29, 1.82) is 0 Å². The fourth-order valence-corrected chi connectivity index (χ4v) is 6.76. The summed E-state index contributed by atoms with van der Waals surface area (Å²) in [5.74, 6) is 1.99. The molecule has 0 radical (unpaired) electrons. The first-order valence-corrected chi connectivity index (χ1v) is 14.4. The molecule has 41 heavy (non-hydrogen) atoms. The minimum Gasteiger partial charge on any atom is -0.208 e. The van der Waals surface area contributed by atoms with E-state index in [-0.39, 0.29) is 0 Å². The number of nitrogens with zero attached hydrogens (tertiary/aromatic N) is 3. The summed E-state index contributed by atoms with van der Waals surface area (Å²) in [7, 11) is 0. The van der Waals surface area contributed by atoms with Crippen molar-refractivity contribution < 1.29 is 0 Å². The van der Waals surface area contributed by atoms with E-state index in [1.807, 2.05) is 72.0 Å².